The van der Waals surface area contributed by atoms with Crippen LogP contribution in [-0.2, 0) is 13.2 Å². The van der Waals surface area contributed by atoms with E-state index in [-0.39, 0.29) is 5.82 Å². The second-order valence-corrected chi connectivity index (χ2v) is 6.52. The summed E-state index contributed by atoms with van der Waals surface area (Å²) in [5.74, 6) is 0.479. The molecule has 0 aliphatic carbocycles. The quantitative estimate of drug-likeness (QED) is 0.608. The molecule has 3 aromatic carbocycles. The van der Waals surface area contributed by atoms with Crippen molar-refractivity contribution in [3.8, 4) is 5.75 Å². The number of nitrogens with one attached hydrogen (secondary N) is 1. The van der Waals surface area contributed by atoms with Crippen molar-refractivity contribution in [2.24, 2.45) is 0 Å². The van der Waals surface area contributed by atoms with Crippen LogP contribution in [0.25, 0.3) is 0 Å². The Labute approximate surface area is 158 Å². The minimum Gasteiger partial charge on any atom is -0.489 e. The van der Waals surface area contributed by atoms with E-state index in [0.29, 0.717) is 18.1 Å². The first kappa shape index (κ1) is 18.1. The minimum atomic E-state index is -0.249. The highest BCUT2D eigenvalue weighted by Crippen LogP contribution is 2.16. The van der Waals surface area contributed by atoms with Crippen molar-refractivity contribution in [3.05, 3.63) is 101 Å². The topological polar surface area (TPSA) is 21.3 Å². The third kappa shape index (κ3) is 5.14. The smallest absolute Gasteiger partial charge is 0.123 e. The van der Waals surface area contributed by atoms with E-state index in [1.165, 1.54) is 23.3 Å². The molecule has 0 aromatic heterocycles. The van der Waals surface area contributed by atoms with E-state index in [1.807, 2.05) is 30.3 Å². The molecule has 0 amide bonds. The Morgan fingerprint density at radius 3 is 2.50 bits per heavy atom. The van der Waals surface area contributed by atoms with Gasteiger partial charge in [-0.2, -0.15) is 0 Å². The summed E-state index contributed by atoms with van der Waals surface area (Å²) in [5.41, 5.74) is 4.24. The van der Waals surface area contributed by atoms with Gasteiger partial charge in [0.1, 0.15) is 23.2 Å². The van der Waals surface area contributed by atoms with Gasteiger partial charge in [0.2, 0.25) is 0 Å². The predicted octanol–water partition coefficient (Wildman–Crippen LogP) is 5.18. The lowest BCUT2D eigenvalue weighted by molar-refractivity contribution is 0.306. The zero-order valence-corrected chi connectivity index (χ0v) is 15.4. The van der Waals surface area contributed by atoms with Crippen molar-refractivity contribution in [1.82, 2.24) is 5.32 Å². The first-order chi connectivity index (χ1) is 12.6. The molecule has 0 fully saturated rings. The van der Waals surface area contributed by atoms with Gasteiger partial charge in [0.05, 0.1) is 0 Å². The van der Waals surface area contributed by atoms with Gasteiger partial charge < -0.3 is 10.1 Å². The summed E-state index contributed by atoms with van der Waals surface area (Å²) in [6, 6.07) is 22.3. The van der Waals surface area contributed by atoms with Crippen molar-refractivity contribution in [2.75, 3.05) is 0 Å². The van der Waals surface area contributed by atoms with Crippen LogP contribution < -0.4 is 10.1 Å². The van der Waals surface area contributed by atoms with Gasteiger partial charge >= 0.3 is 0 Å². The van der Waals surface area contributed by atoms with Crippen molar-refractivity contribution in [3.63, 3.8) is 0 Å². The van der Waals surface area contributed by atoms with Gasteiger partial charge in [0.25, 0.3) is 0 Å². The maximum absolute atomic E-state index is 12.9. The summed E-state index contributed by atoms with van der Waals surface area (Å²) in [5, 5.41) is 3.28. The van der Waals surface area contributed by atoms with E-state index in [2.05, 4.69) is 30.4 Å². The number of benzene rings is 3. The highest BCUT2D eigenvalue weighted by atomic mass is 32.1. The summed E-state index contributed by atoms with van der Waals surface area (Å²) >= 11 is 5.50. The highest BCUT2D eigenvalue weighted by Gasteiger charge is 2.04. The second-order valence-electron chi connectivity index (χ2n) is 6.11. The van der Waals surface area contributed by atoms with Gasteiger partial charge in [-0.1, -0.05) is 66.3 Å². The van der Waals surface area contributed by atoms with E-state index < -0.39 is 0 Å². The molecule has 3 rings (SSSR count). The van der Waals surface area contributed by atoms with Gasteiger partial charge in [-0.25, -0.2) is 4.39 Å². The Hall–Kier alpha value is -2.72. The number of ether oxygens (including phenoxy) is 1. The van der Waals surface area contributed by atoms with Crippen LogP contribution in [0.5, 0.6) is 5.75 Å². The Kier molecular flexibility index (Phi) is 5.97. The molecule has 0 heterocycles. The Bertz CT molecular complexity index is 893. The molecule has 0 saturated carbocycles. The molecule has 0 aliphatic rings. The fourth-order valence-corrected chi connectivity index (χ4v) is 2.78. The molecular formula is C22H20FNOS. The van der Waals surface area contributed by atoms with Gasteiger partial charge in [0, 0.05) is 12.1 Å². The molecule has 0 unspecified atom stereocenters. The van der Waals surface area contributed by atoms with Gasteiger partial charge in [0.15, 0.2) is 0 Å². The van der Waals surface area contributed by atoms with Crippen LogP contribution in [0.3, 0.4) is 0 Å². The summed E-state index contributed by atoms with van der Waals surface area (Å²) in [6.45, 7) is 3.14. The van der Waals surface area contributed by atoms with Gasteiger partial charge in [-0.15, -0.1) is 0 Å². The molecule has 0 spiro atoms. The van der Waals surface area contributed by atoms with Crippen molar-refractivity contribution < 1.29 is 9.13 Å². The van der Waals surface area contributed by atoms with E-state index in [0.717, 1.165) is 16.9 Å². The number of halogens is 1. The SMILES string of the molecule is Cc1cccc(CNC(=S)c2cccc(OCc3ccc(F)cc3)c2)c1. The van der Waals surface area contributed by atoms with Crippen molar-refractivity contribution >= 4 is 17.2 Å². The molecule has 3 aromatic rings. The zero-order valence-electron chi connectivity index (χ0n) is 14.5. The number of rotatable bonds is 6. The normalized spacial score (nSPS) is 10.4. The van der Waals surface area contributed by atoms with Crippen LogP contribution in [0, 0.1) is 12.7 Å². The summed E-state index contributed by atoms with van der Waals surface area (Å²) in [6.07, 6.45) is 0. The summed E-state index contributed by atoms with van der Waals surface area (Å²) < 4.78 is 18.7. The molecule has 26 heavy (non-hydrogen) atoms. The molecular weight excluding hydrogens is 345 g/mol. The molecule has 2 nitrogen and oxygen atoms in total. The third-order valence-corrected chi connectivity index (χ3v) is 4.33. The Morgan fingerprint density at radius 1 is 0.962 bits per heavy atom. The number of thiocarbonyl (C=S) groups is 1. The van der Waals surface area contributed by atoms with Crippen molar-refractivity contribution in [1.29, 1.82) is 0 Å². The van der Waals surface area contributed by atoms with Crippen LogP contribution in [0.1, 0.15) is 22.3 Å². The van der Waals surface area contributed by atoms with E-state index >= 15 is 0 Å². The van der Waals surface area contributed by atoms with E-state index in [9.17, 15) is 4.39 Å². The predicted molar refractivity (Wildman–Crippen MR) is 107 cm³/mol. The lowest BCUT2D eigenvalue weighted by Crippen LogP contribution is -2.21. The van der Waals surface area contributed by atoms with E-state index in [4.69, 9.17) is 17.0 Å². The van der Waals surface area contributed by atoms with Crippen LogP contribution in [0.2, 0.25) is 0 Å². The fraction of sp³-hybridized carbons (Fsp3) is 0.136. The molecule has 132 valence electrons. The standard InChI is InChI=1S/C22H20FNOS/c1-16-4-2-5-18(12-16)14-24-22(26)19-6-3-7-21(13-19)25-15-17-8-10-20(23)11-9-17/h2-13H,14-15H2,1H3,(H,24,26). The van der Waals surface area contributed by atoms with Crippen LogP contribution in [0.15, 0.2) is 72.8 Å². The molecule has 0 saturated heterocycles. The molecule has 0 atom stereocenters. The third-order valence-electron chi connectivity index (χ3n) is 3.95. The zero-order chi connectivity index (χ0) is 18.4. The average molecular weight is 365 g/mol. The molecule has 0 radical (unpaired) electrons. The molecule has 4 heteroatoms. The lowest BCUT2D eigenvalue weighted by Gasteiger charge is -2.11. The Balaban J connectivity index is 1.59. The molecule has 1 N–H and O–H groups in total. The number of hydrogen-bond donors (Lipinski definition) is 1. The van der Waals surface area contributed by atoms with Crippen LogP contribution in [-0.4, -0.2) is 4.99 Å². The first-order valence-electron chi connectivity index (χ1n) is 8.41. The number of aryl methyl sites for hydroxylation is 1. The summed E-state index contributed by atoms with van der Waals surface area (Å²) in [4.78, 5) is 0.679. The monoisotopic (exact) mass is 365 g/mol. The first-order valence-corrected chi connectivity index (χ1v) is 8.82. The molecule has 0 bridgehead atoms. The summed E-state index contributed by atoms with van der Waals surface area (Å²) in [7, 11) is 0. The van der Waals surface area contributed by atoms with Crippen molar-refractivity contribution in [2.45, 2.75) is 20.1 Å². The average Bonchev–Trinajstić information content (AvgIpc) is 2.66. The lowest BCUT2D eigenvalue weighted by atomic mass is 10.1. The molecule has 0 aliphatic heterocycles. The number of hydrogen-bond acceptors (Lipinski definition) is 2. The Morgan fingerprint density at radius 2 is 1.73 bits per heavy atom. The van der Waals surface area contributed by atoms with E-state index in [1.54, 1.807) is 12.1 Å². The van der Waals surface area contributed by atoms with Gasteiger partial charge in [-0.05, 0) is 42.3 Å². The highest BCUT2D eigenvalue weighted by molar-refractivity contribution is 7.80. The maximum atomic E-state index is 12.9. The maximum Gasteiger partial charge on any atom is 0.123 e. The second kappa shape index (κ2) is 8.59. The van der Waals surface area contributed by atoms with Crippen LogP contribution >= 0.6 is 12.2 Å². The minimum absolute atomic E-state index is 0.249. The van der Waals surface area contributed by atoms with Crippen LogP contribution in [0.4, 0.5) is 4.39 Å². The van der Waals surface area contributed by atoms with Gasteiger partial charge in [-0.3, -0.25) is 0 Å². The fourth-order valence-electron chi connectivity index (χ4n) is 2.58. The largest absolute Gasteiger partial charge is 0.489 e.